The van der Waals surface area contributed by atoms with Crippen molar-refractivity contribution >= 4 is 17.8 Å². The molecule has 1 aliphatic heterocycles. The van der Waals surface area contributed by atoms with Crippen LogP contribution in [-0.2, 0) is 15.0 Å². The highest BCUT2D eigenvalue weighted by Crippen LogP contribution is 2.40. The van der Waals surface area contributed by atoms with Gasteiger partial charge in [-0.15, -0.1) is 0 Å². The van der Waals surface area contributed by atoms with Crippen LogP contribution >= 0.6 is 0 Å². The first-order chi connectivity index (χ1) is 12.0. The minimum absolute atomic E-state index is 0.0393. The molecule has 1 saturated heterocycles. The fraction of sp³-hybridized carbons (Fsp3) is 0.526. The predicted octanol–water partition coefficient (Wildman–Crippen LogP) is 1.86. The Morgan fingerprint density at radius 1 is 1.20 bits per heavy atom. The van der Waals surface area contributed by atoms with E-state index in [9.17, 15) is 14.4 Å². The molecular weight excluding hydrogens is 318 g/mol. The van der Waals surface area contributed by atoms with Crippen molar-refractivity contribution in [3.63, 3.8) is 0 Å². The van der Waals surface area contributed by atoms with E-state index >= 15 is 0 Å². The lowest BCUT2D eigenvalue weighted by Crippen LogP contribution is -2.46. The maximum absolute atomic E-state index is 12.3. The average molecular weight is 343 g/mol. The van der Waals surface area contributed by atoms with Gasteiger partial charge in [0.2, 0.25) is 11.8 Å². The number of carbonyl (C=O) groups is 3. The molecule has 1 saturated carbocycles. The van der Waals surface area contributed by atoms with Crippen LogP contribution in [0.2, 0.25) is 0 Å². The number of carbonyl (C=O) groups excluding carboxylic acids is 3. The number of hydrogen-bond acceptors (Lipinski definition) is 3. The molecule has 1 heterocycles. The summed E-state index contributed by atoms with van der Waals surface area (Å²) in [5, 5.41) is 5.20. The Hall–Kier alpha value is -2.37. The molecule has 4 amide bonds. The Morgan fingerprint density at radius 3 is 2.56 bits per heavy atom. The lowest BCUT2D eigenvalue weighted by Gasteiger charge is -2.39. The van der Waals surface area contributed by atoms with Gasteiger partial charge in [-0.05, 0) is 30.9 Å². The lowest BCUT2D eigenvalue weighted by atomic mass is 9.68. The summed E-state index contributed by atoms with van der Waals surface area (Å²) < 4.78 is 0. The van der Waals surface area contributed by atoms with Gasteiger partial charge in [-0.2, -0.15) is 0 Å². The first-order valence-corrected chi connectivity index (χ1v) is 8.92. The maximum Gasteiger partial charge on any atom is 0.325 e. The fourth-order valence-electron chi connectivity index (χ4n) is 4.05. The summed E-state index contributed by atoms with van der Waals surface area (Å²) in [5.74, 6) is -0.579. The van der Waals surface area contributed by atoms with Crippen LogP contribution in [0.25, 0.3) is 0 Å². The third-order valence-corrected chi connectivity index (χ3v) is 5.35. The molecule has 0 radical (unpaired) electrons. The third-order valence-electron chi connectivity index (χ3n) is 5.35. The summed E-state index contributed by atoms with van der Waals surface area (Å²) in [6, 6.07) is 7.89. The Balaban J connectivity index is 1.67. The van der Waals surface area contributed by atoms with Crippen LogP contribution in [0, 0.1) is 6.92 Å². The number of urea groups is 1. The van der Waals surface area contributed by atoms with E-state index in [4.69, 9.17) is 0 Å². The van der Waals surface area contributed by atoms with Crippen molar-refractivity contribution in [3.05, 3.63) is 35.4 Å². The molecule has 0 atom stereocenters. The summed E-state index contributed by atoms with van der Waals surface area (Å²) in [7, 11) is 0. The summed E-state index contributed by atoms with van der Waals surface area (Å²) in [6.45, 7) is 2.56. The molecule has 1 aromatic rings. The van der Waals surface area contributed by atoms with Crippen molar-refractivity contribution in [1.82, 2.24) is 15.5 Å². The Bertz CT molecular complexity index is 680. The summed E-state index contributed by atoms with van der Waals surface area (Å²) in [4.78, 5) is 36.3. The van der Waals surface area contributed by atoms with E-state index in [1.54, 1.807) is 0 Å². The van der Waals surface area contributed by atoms with Crippen molar-refractivity contribution in [2.45, 2.75) is 44.4 Å². The Labute approximate surface area is 148 Å². The number of nitrogens with one attached hydrogen (secondary N) is 2. The molecule has 2 aliphatic rings. The van der Waals surface area contributed by atoms with Gasteiger partial charge in [0.15, 0.2) is 0 Å². The van der Waals surface area contributed by atoms with Gasteiger partial charge >= 0.3 is 6.03 Å². The topological polar surface area (TPSA) is 78.5 Å². The zero-order valence-electron chi connectivity index (χ0n) is 14.6. The molecule has 2 N–H and O–H groups in total. The van der Waals surface area contributed by atoms with E-state index in [1.165, 1.54) is 22.4 Å². The normalized spacial score (nSPS) is 19.6. The molecule has 0 unspecified atom stereocenters. The van der Waals surface area contributed by atoms with Gasteiger partial charge in [-0.1, -0.05) is 43.5 Å². The quantitative estimate of drug-likeness (QED) is 0.801. The number of amides is 4. The van der Waals surface area contributed by atoms with Crippen LogP contribution in [0.4, 0.5) is 4.79 Å². The van der Waals surface area contributed by atoms with Crippen LogP contribution in [0.5, 0.6) is 0 Å². The van der Waals surface area contributed by atoms with Gasteiger partial charge in [-0.25, -0.2) is 4.79 Å². The molecule has 2 fully saturated rings. The molecule has 6 heteroatoms. The Kier molecular flexibility index (Phi) is 5.06. The van der Waals surface area contributed by atoms with Crippen LogP contribution in [-0.4, -0.2) is 42.4 Å². The number of imide groups is 1. The zero-order valence-corrected chi connectivity index (χ0v) is 14.6. The molecule has 25 heavy (non-hydrogen) atoms. The van der Waals surface area contributed by atoms with Crippen molar-refractivity contribution < 1.29 is 14.4 Å². The summed E-state index contributed by atoms with van der Waals surface area (Å²) >= 11 is 0. The highest BCUT2D eigenvalue weighted by atomic mass is 16.2. The molecule has 0 spiro atoms. The molecule has 0 bridgehead atoms. The summed E-state index contributed by atoms with van der Waals surface area (Å²) in [6.07, 6.45) is 5.67. The first kappa shape index (κ1) is 17.5. The van der Waals surface area contributed by atoms with E-state index in [2.05, 4.69) is 35.8 Å². The minimum Gasteiger partial charge on any atom is -0.354 e. The lowest BCUT2D eigenvalue weighted by molar-refractivity contribution is -0.122. The number of benzene rings is 1. The first-order valence-electron chi connectivity index (χ1n) is 8.92. The number of nitrogens with zero attached hydrogens (tertiary/aromatic N) is 1. The standard InChI is InChI=1S/C19H25N3O3/c1-14-7-3-4-8-15(14)19(9-5-2-6-10-19)13-20-16(23)11-22-12-17(24)21-18(22)25/h3-4,7-8H,2,5-6,9-13H2,1H3,(H,20,23)(H,21,24,25). The Morgan fingerprint density at radius 2 is 1.92 bits per heavy atom. The zero-order chi connectivity index (χ0) is 17.9. The summed E-state index contributed by atoms with van der Waals surface area (Å²) in [5.41, 5.74) is 2.52. The van der Waals surface area contributed by atoms with E-state index < -0.39 is 6.03 Å². The predicted molar refractivity (Wildman–Crippen MR) is 94.1 cm³/mol. The second-order valence-electron chi connectivity index (χ2n) is 7.14. The fourth-order valence-corrected chi connectivity index (χ4v) is 4.05. The van der Waals surface area contributed by atoms with E-state index in [-0.39, 0.29) is 30.3 Å². The van der Waals surface area contributed by atoms with E-state index in [0.717, 1.165) is 25.7 Å². The highest BCUT2D eigenvalue weighted by Gasteiger charge is 2.36. The van der Waals surface area contributed by atoms with E-state index in [0.29, 0.717) is 6.54 Å². The van der Waals surface area contributed by atoms with Crippen molar-refractivity contribution in [2.75, 3.05) is 19.6 Å². The van der Waals surface area contributed by atoms with Crippen LogP contribution in [0.3, 0.4) is 0 Å². The number of hydrogen-bond donors (Lipinski definition) is 2. The number of aryl methyl sites for hydroxylation is 1. The van der Waals surface area contributed by atoms with Gasteiger partial charge in [0.25, 0.3) is 0 Å². The van der Waals surface area contributed by atoms with E-state index in [1.807, 2.05) is 6.07 Å². The van der Waals surface area contributed by atoms with Gasteiger partial charge in [0.05, 0.1) is 0 Å². The number of rotatable bonds is 5. The van der Waals surface area contributed by atoms with Gasteiger partial charge in [0, 0.05) is 12.0 Å². The SMILES string of the molecule is Cc1ccccc1C1(CNC(=O)CN2CC(=O)NC2=O)CCCCC1. The van der Waals surface area contributed by atoms with Crippen molar-refractivity contribution in [2.24, 2.45) is 0 Å². The van der Waals surface area contributed by atoms with Crippen molar-refractivity contribution in [3.8, 4) is 0 Å². The third kappa shape index (κ3) is 3.83. The van der Waals surface area contributed by atoms with Crippen LogP contribution in [0.1, 0.15) is 43.2 Å². The monoisotopic (exact) mass is 343 g/mol. The molecule has 3 rings (SSSR count). The molecular formula is C19H25N3O3. The molecule has 0 aromatic heterocycles. The van der Waals surface area contributed by atoms with Crippen LogP contribution < -0.4 is 10.6 Å². The smallest absolute Gasteiger partial charge is 0.325 e. The van der Waals surface area contributed by atoms with Gasteiger partial charge < -0.3 is 10.2 Å². The van der Waals surface area contributed by atoms with Gasteiger partial charge in [0.1, 0.15) is 13.1 Å². The second-order valence-corrected chi connectivity index (χ2v) is 7.14. The largest absolute Gasteiger partial charge is 0.354 e. The van der Waals surface area contributed by atoms with Crippen molar-refractivity contribution in [1.29, 1.82) is 0 Å². The van der Waals surface area contributed by atoms with Crippen LogP contribution in [0.15, 0.2) is 24.3 Å². The highest BCUT2D eigenvalue weighted by molar-refractivity contribution is 6.03. The molecule has 1 aromatic carbocycles. The minimum atomic E-state index is -0.494. The average Bonchev–Trinajstić information content (AvgIpc) is 2.91. The molecule has 134 valence electrons. The maximum atomic E-state index is 12.3. The molecule has 1 aliphatic carbocycles. The van der Waals surface area contributed by atoms with Gasteiger partial charge in [-0.3, -0.25) is 14.9 Å². The molecule has 6 nitrogen and oxygen atoms in total. The second kappa shape index (κ2) is 7.25.